The normalized spacial score (nSPS) is 17.9. The third kappa shape index (κ3) is 4.07. The van der Waals surface area contributed by atoms with E-state index in [2.05, 4.69) is 5.32 Å². The van der Waals surface area contributed by atoms with Gasteiger partial charge in [-0.05, 0) is 43.2 Å². The highest BCUT2D eigenvalue weighted by atomic mass is 16.6. The molecule has 1 atom stereocenters. The van der Waals surface area contributed by atoms with Crippen molar-refractivity contribution in [3.05, 3.63) is 64.2 Å². The topological polar surface area (TPSA) is 130 Å². The van der Waals surface area contributed by atoms with Crippen molar-refractivity contribution in [3.63, 3.8) is 0 Å². The third-order valence-electron chi connectivity index (χ3n) is 5.38. The molecule has 10 nitrogen and oxygen atoms in total. The number of imide groups is 1. The van der Waals surface area contributed by atoms with Gasteiger partial charge in [0.05, 0.1) is 17.0 Å². The minimum Gasteiger partial charge on any atom is -0.326 e. The van der Waals surface area contributed by atoms with Crippen LogP contribution in [0.2, 0.25) is 0 Å². The molecule has 2 fully saturated rings. The van der Waals surface area contributed by atoms with Crippen LogP contribution in [0.5, 0.6) is 0 Å². The molecule has 1 heterocycles. The summed E-state index contributed by atoms with van der Waals surface area (Å²) < 4.78 is 0. The predicted molar refractivity (Wildman–Crippen MR) is 114 cm³/mol. The van der Waals surface area contributed by atoms with Crippen molar-refractivity contribution in [3.8, 4) is 0 Å². The summed E-state index contributed by atoms with van der Waals surface area (Å²) in [6.07, 6.45) is 1.23. The first-order valence-electron chi connectivity index (χ1n) is 10.1. The summed E-state index contributed by atoms with van der Waals surface area (Å²) in [5.41, 5.74) is 0.748. The van der Waals surface area contributed by atoms with E-state index < -0.39 is 28.7 Å². The first-order chi connectivity index (χ1) is 15.3. The molecule has 0 aromatic heterocycles. The zero-order valence-corrected chi connectivity index (χ0v) is 17.2. The third-order valence-corrected chi connectivity index (χ3v) is 5.38. The highest BCUT2D eigenvalue weighted by Crippen LogP contribution is 2.35. The molecular weight excluding hydrogens is 416 g/mol. The first kappa shape index (κ1) is 21.2. The van der Waals surface area contributed by atoms with Crippen LogP contribution >= 0.6 is 0 Å². The number of nitrogens with one attached hydrogen (secondary N) is 1. The van der Waals surface area contributed by atoms with E-state index in [-0.39, 0.29) is 29.6 Å². The second kappa shape index (κ2) is 8.22. The van der Waals surface area contributed by atoms with Gasteiger partial charge in [0.15, 0.2) is 0 Å². The van der Waals surface area contributed by atoms with Gasteiger partial charge in [-0.3, -0.25) is 29.3 Å². The second-order valence-corrected chi connectivity index (χ2v) is 7.77. The van der Waals surface area contributed by atoms with Crippen molar-refractivity contribution < 1.29 is 24.1 Å². The van der Waals surface area contributed by atoms with E-state index in [9.17, 15) is 29.3 Å². The molecule has 2 aliphatic rings. The van der Waals surface area contributed by atoms with E-state index in [4.69, 9.17) is 0 Å². The average molecular weight is 436 g/mol. The molecule has 4 rings (SSSR count). The summed E-state index contributed by atoms with van der Waals surface area (Å²) >= 11 is 0. The number of hydrogen-bond acceptors (Lipinski definition) is 6. The van der Waals surface area contributed by atoms with E-state index in [1.807, 2.05) is 0 Å². The lowest BCUT2D eigenvalue weighted by molar-refractivity contribution is -0.384. The van der Waals surface area contributed by atoms with Gasteiger partial charge >= 0.3 is 0 Å². The molecule has 32 heavy (non-hydrogen) atoms. The molecule has 2 aromatic carbocycles. The van der Waals surface area contributed by atoms with Gasteiger partial charge < -0.3 is 10.2 Å². The number of nitro benzene ring substituents is 1. The fourth-order valence-electron chi connectivity index (χ4n) is 3.82. The lowest BCUT2D eigenvalue weighted by Crippen LogP contribution is -2.46. The number of rotatable bonds is 6. The molecule has 1 aliphatic heterocycles. The van der Waals surface area contributed by atoms with E-state index in [0.717, 1.165) is 4.90 Å². The minimum atomic E-state index is -0.975. The van der Waals surface area contributed by atoms with Gasteiger partial charge in [0.2, 0.25) is 11.8 Å². The summed E-state index contributed by atoms with van der Waals surface area (Å²) in [6.45, 7) is 1.37. The number of carbonyl (C=O) groups is 4. The summed E-state index contributed by atoms with van der Waals surface area (Å²) in [6, 6.07) is 10.4. The SMILES string of the molecule is CC(=O)Nc1ccc(N2C(=O)CC(N(C(=O)c3cccc([N+](=O)[O-])c3)C3CC3)C2=O)cc1. The summed E-state index contributed by atoms with van der Waals surface area (Å²) in [4.78, 5) is 63.2. The number of hydrogen-bond donors (Lipinski definition) is 1. The monoisotopic (exact) mass is 436 g/mol. The second-order valence-electron chi connectivity index (χ2n) is 7.77. The van der Waals surface area contributed by atoms with Gasteiger partial charge in [-0.15, -0.1) is 0 Å². The van der Waals surface area contributed by atoms with E-state index >= 15 is 0 Å². The van der Waals surface area contributed by atoms with Crippen molar-refractivity contribution in [2.75, 3.05) is 10.2 Å². The van der Waals surface area contributed by atoms with Gasteiger partial charge in [-0.2, -0.15) is 0 Å². The molecule has 164 valence electrons. The number of carbonyl (C=O) groups excluding carboxylic acids is 4. The Labute approximate surface area is 182 Å². The van der Waals surface area contributed by atoms with Crippen LogP contribution in [0.1, 0.15) is 36.5 Å². The number of nitrogens with zero attached hydrogens (tertiary/aromatic N) is 3. The number of amides is 4. The quantitative estimate of drug-likeness (QED) is 0.421. The van der Waals surface area contributed by atoms with Gasteiger partial charge in [0, 0.05) is 36.3 Å². The molecule has 2 aromatic rings. The van der Waals surface area contributed by atoms with Crippen LogP contribution in [0.25, 0.3) is 0 Å². The van der Waals surface area contributed by atoms with Gasteiger partial charge in [0.25, 0.3) is 17.5 Å². The zero-order valence-electron chi connectivity index (χ0n) is 17.2. The number of non-ortho nitro benzene ring substituents is 1. The smallest absolute Gasteiger partial charge is 0.270 e. The molecule has 0 radical (unpaired) electrons. The molecule has 1 unspecified atom stereocenters. The molecular formula is C22H20N4O6. The Kier molecular flexibility index (Phi) is 5.43. The van der Waals surface area contributed by atoms with Crippen LogP contribution in [0, 0.1) is 10.1 Å². The summed E-state index contributed by atoms with van der Waals surface area (Å²) in [5, 5.41) is 13.7. The highest BCUT2D eigenvalue weighted by Gasteiger charge is 2.49. The molecule has 1 saturated heterocycles. The van der Waals surface area contributed by atoms with Gasteiger partial charge in [0.1, 0.15) is 6.04 Å². The molecule has 10 heteroatoms. The lowest BCUT2D eigenvalue weighted by Gasteiger charge is -2.27. The van der Waals surface area contributed by atoms with Crippen molar-refractivity contribution in [2.45, 2.75) is 38.3 Å². The highest BCUT2D eigenvalue weighted by molar-refractivity contribution is 6.23. The fraction of sp³-hybridized carbons (Fsp3) is 0.273. The first-order valence-corrected chi connectivity index (χ1v) is 10.1. The summed E-state index contributed by atoms with van der Waals surface area (Å²) in [7, 11) is 0. The van der Waals surface area contributed by atoms with Crippen molar-refractivity contribution in [2.24, 2.45) is 0 Å². The van der Waals surface area contributed by atoms with E-state index in [1.54, 1.807) is 24.3 Å². The van der Waals surface area contributed by atoms with Gasteiger partial charge in [-0.25, -0.2) is 4.90 Å². The van der Waals surface area contributed by atoms with Crippen LogP contribution in [-0.4, -0.2) is 45.5 Å². The van der Waals surface area contributed by atoms with Crippen molar-refractivity contribution >= 4 is 40.7 Å². The van der Waals surface area contributed by atoms with Crippen LogP contribution in [-0.2, 0) is 14.4 Å². The Bertz CT molecular complexity index is 1130. The maximum Gasteiger partial charge on any atom is 0.270 e. The Balaban J connectivity index is 1.59. The number of benzene rings is 2. The lowest BCUT2D eigenvalue weighted by atomic mass is 10.1. The molecule has 4 amide bonds. The van der Waals surface area contributed by atoms with Crippen LogP contribution in [0.4, 0.5) is 17.1 Å². The standard InChI is InChI=1S/C22H20N4O6/c1-13(27)23-15-5-7-17(8-6-15)25-20(28)12-19(22(25)30)24(16-9-10-16)21(29)14-3-2-4-18(11-14)26(31)32/h2-8,11,16,19H,9-10,12H2,1H3,(H,23,27). The van der Waals surface area contributed by atoms with Crippen LogP contribution < -0.4 is 10.2 Å². The molecule has 0 bridgehead atoms. The Morgan fingerprint density at radius 2 is 1.81 bits per heavy atom. The molecule has 0 spiro atoms. The molecule has 1 saturated carbocycles. The van der Waals surface area contributed by atoms with Gasteiger partial charge in [-0.1, -0.05) is 6.07 Å². The minimum absolute atomic E-state index is 0.101. The number of nitro groups is 1. The average Bonchev–Trinajstić information content (AvgIpc) is 3.54. The Morgan fingerprint density at radius 1 is 1.12 bits per heavy atom. The number of anilines is 2. The Morgan fingerprint density at radius 3 is 2.41 bits per heavy atom. The van der Waals surface area contributed by atoms with E-state index in [1.165, 1.54) is 36.1 Å². The predicted octanol–water partition coefficient (Wildman–Crippen LogP) is 2.49. The maximum atomic E-state index is 13.2. The molecule has 1 aliphatic carbocycles. The Hall–Kier alpha value is -4.08. The van der Waals surface area contributed by atoms with Crippen molar-refractivity contribution in [1.29, 1.82) is 0 Å². The van der Waals surface area contributed by atoms with E-state index in [0.29, 0.717) is 24.2 Å². The maximum absolute atomic E-state index is 13.2. The summed E-state index contributed by atoms with van der Waals surface area (Å²) in [5.74, 6) is -1.71. The van der Waals surface area contributed by atoms with Crippen LogP contribution in [0.3, 0.4) is 0 Å². The fourth-order valence-corrected chi connectivity index (χ4v) is 3.82. The van der Waals surface area contributed by atoms with Crippen molar-refractivity contribution in [1.82, 2.24) is 4.90 Å². The van der Waals surface area contributed by atoms with Crippen LogP contribution in [0.15, 0.2) is 48.5 Å². The zero-order chi connectivity index (χ0) is 23.0. The largest absolute Gasteiger partial charge is 0.326 e. The molecule has 1 N–H and O–H groups in total.